The number of hydrogen-bond acceptors (Lipinski definition) is 6. The number of thiazole rings is 1. The number of carbonyl (C=O) groups is 3. The van der Waals surface area contributed by atoms with Crippen LogP contribution in [0.1, 0.15) is 6.92 Å². The van der Waals surface area contributed by atoms with Crippen LogP contribution in [0.5, 0.6) is 0 Å². The van der Waals surface area contributed by atoms with Crippen molar-refractivity contribution in [3.05, 3.63) is 18.2 Å². The van der Waals surface area contributed by atoms with Crippen LogP contribution in [0, 0.1) is 0 Å². The van der Waals surface area contributed by atoms with Crippen LogP contribution < -0.4 is 16.0 Å². The highest BCUT2D eigenvalue weighted by molar-refractivity contribution is 7.22. The van der Waals surface area contributed by atoms with Crippen molar-refractivity contribution in [2.45, 2.75) is 13.2 Å². The highest BCUT2D eigenvalue weighted by Crippen LogP contribution is 2.30. The first-order chi connectivity index (χ1) is 12.5. The number of aromatic nitrogens is 1. The lowest BCUT2D eigenvalue weighted by Gasteiger charge is -2.16. The van der Waals surface area contributed by atoms with E-state index in [1.54, 1.807) is 0 Å². The highest BCUT2D eigenvalue weighted by Gasteiger charge is 2.27. The number of likely N-dealkylation sites (N-methyl/N-ethyl adjacent to an activating group) is 1. The van der Waals surface area contributed by atoms with Crippen molar-refractivity contribution in [2.75, 3.05) is 30.8 Å². The van der Waals surface area contributed by atoms with Crippen molar-refractivity contribution >= 4 is 50.1 Å². The summed E-state index contributed by atoms with van der Waals surface area (Å²) in [6.45, 7) is 0.771. The molecule has 0 spiro atoms. The predicted octanol–water partition coefficient (Wildman–Crippen LogP) is 1.76. The van der Waals surface area contributed by atoms with Crippen molar-refractivity contribution in [3.8, 4) is 0 Å². The Balaban J connectivity index is 1.98. The summed E-state index contributed by atoms with van der Waals surface area (Å²) in [7, 11) is 1.40. The van der Waals surface area contributed by atoms with Gasteiger partial charge in [0.25, 0.3) is 0 Å². The fraction of sp³-hybridized carbons (Fsp3) is 0.333. The van der Waals surface area contributed by atoms with E-state index in [1.165, 1.54) is 37.5 Å². The van der Waals surface area contributed by atoms with Crippen LogP contribution in [0.4, 0.5) is 24.0 Å². The van der Waals surface area contributed by atoms with E-state index in [2.05, 4.69) is 15.6 Å². The van der Waals surface area contributed by atoms with E-state index in [9.17, 15) is 27.6 Å². The Labute approximate surface area is 155 Å². The van der Waals surface area contributed by atoms with Crippen LogP contribution in [-0.2, 0) is 14.4 Å². The quantitative estimate of drug-likeness (QED) is 0.638. The maximum atomic E-state index is 12.4. The molecule has 0 unspecified atom stereocenters. The summed E-state index contributed by atoms with van der Waals surface area (Å²) < 4.78 is 37.6. The Morgan fingerprint density at radius 2 is 1.96 bits per heavy atom. The summed E-state index contributed by atoms with van der Waals surface area (Å²) in [6, 6.07) is 3.91. The molecular formula is C15H16F3N5O3S. The normalized spacial score (nSPS) is 11.1. The number of amides is 3. The molecule has 2 aromatic rings. The minimum Gasteiger partial charge on any atom is -0.347 e. The van der Waals surface area contributed by atoms with Gasteiger partial charge in [-0.15, -0.1) is 0 Å². The van der Waals surface area contributed by atoms with E-state index in [0.717, 1.165) is 16.2 Å². The second-order valence-corrected chi connectivity index (χ2v) is 6.56. The Bertz CT molecular complexity index is 868. The number of halogens is 3. The zero-order valence-corrected chi connectivity index (χ0v) is 15.1. The van der Waals surface area contributed by atoms with Gasteiger partial charge >= 0.3 is 6.30 Å². The molecule has 0 aliphatic rings. The second-order valence-electron chi connectivity index (χ2n) is 5.53. The SMILES string of the molecule is CC(=O)NCC(=O)N(C)CC(=O)Nc1nc2ccc(NC(F)(F)F)cc2s1. The summed E-state index contributed by atoms with van der Waals surface area (Å²) >= 11 is 1.00. The molecule has 1 aromatic carbocycles. The van der Waals surface area contributed by atoms with Gasteiger partial charge in [0.15, 0.2) is 5.13 Å². The Morgan fingerprint density at radius 3 is 2.59 bits per heavy atom. The topological polar surface area (TPSA) is 103 Å². The van der Waals surface area contributed by atoms with Gasteiger partial charge in [-0.05, 0) is 18.2 Å². The zero-order valence-electron chi connectivity index (χ0n) is 14.3. The minimum atomic E-state index is -4.55. The summed E-state index contributed by atoms with van der Waals surface area (Å²) in [4.78, 5) is 39.8. The minimum absolute atomic E-state index is 0.139. The van der Waals surface area contributed by atoms with E-state index in [0.29, 0.717) is 10.2 Å². The number of nitrogens with one attached hydrogen (secondary N) is 3. The fourth-order valence-electron chi connectivity index (χ4n) is 2.02. The van der Waals surface area contributed by atoms with Crippen molar-refractivity contribution in [2.24, 2.45) is 0 Å². The molecule has 0 saturated carbocycles. The molecule has 8 nitrogen and oxygen atoms in total. The molecule has 0 aliphatic carbocycles. The van der Waals surface area contributed by atoms with Crippen LogP contribution in [0.25, 0.3) is 10.2 Å². The molecule has 2 rings (SSSR count). The third-order valence-corrected chi connectivity index (χ3v) is 4.15. The molecule has 1 heterocycles. The first-order valence-electron chi connectivity index (χ1n) is 7.57. The monoisotopic (exact) mass is 403 g/mol. The largest absolute Gasteiger partial charge is 0.482 e. The van der Waals surface area contributed by atoms with E-state index in [-0.39, 0.29) is 29.8 Å². The molecule has 0 saturated heterocycles. The number of alkyl halides is 3. The van der Waals surface area contributed by atoms with E-state index in [4.69, 9.17) is 0 Å². The highest BCUT2D eigenvalue weighted by atomic mass is 32.1. The average Bonchev–Trinajstić information content (AvgIpc) is 2.91. The van der Waals surface area contributed by atoms with Crippen LogP contribution in [0.15, 0.2) is 18.2 Å². The molecule has 0 aliphatic heterocycles. The molecule has 0 radical (unpaired) electrons. The first kappa shape index (κ1) is 20.4. The van der Waals surface area contributed by atoms with Gasteiger partial charge in [-0.3, -0.25) is 19.7 Å². The number of benzene rings is 1. The smallest absolute Gasteiger partial charge is 0.347 e. The molecule has 0 atom stereocenters. The predicted molar refractivity (Wildman–Crippen MR) is 94.2 cm³/mol. The molecule has 0 fully saturated rings. The summed E-state index contributed by atoms with van der Waals surface area (Å²) in [5.74, 6) is -1.34. The van der Waals surface area contributed by atoms with Crippen molar-refractivity contribution < 1.29 is 27.6 Å². The third kappa shape index (κ3) is 6.40. The Hall–Kier alpha value is -2.89. The number of carbonyl (C=O) groups excluding carboxylic acids is 3. The number of rotatable bonds is 6. The van der Waals surface area contributed by atoms with Gasteiger partial charge in [0.05, 0.1) is 23.3 Å². The molecule has 12 heteroatoms. The van der Waals surface area contributed by atoms with Crippen LogP contribution in [0.3, 0.4) is 0 Å². The Kier molecular flexibility index (Phi) is 6.20. The van der Waals surface area contributed by atoms with Crippen molar-refractivity contribution in [1.82, 2.24) is 15.2 Å². The lowest BCUT2D eigenvalue weighted by atomic mass is 10.3. The van der Waals surface area contributed by atoms with Crippen LogP contribution in [0.2, 0.25) is 0 Å². The van der Waals surface area contributed by atoms with Gasteiger partial charge in [-0.1, -0.05) is 11.3 Å². The second kappa shape index (κ2) is 8.20. The molecule has 1 aromatic heterocycles. The van der Waals surface area contributed by atoms with Crippen LogP contribution in [-0.4, -0.2) is 54.0 Å². The molecular weight excluding hydrogens is 387 g/mol. The maximum absolute atomic E-state index is 12.4. The van der Waals surface area contributed by atoms with Crippen molar-refractivity contribution in [3.63, 3.8) is 0 Å². The fourth-order valence-corrected chi connectivity index (χ4v) is 2.94. The van der Waals surface area contributed by atoms with Gasteiger partial charge in [0, 0.05) is 19.7 Å². The number of anilines is 2. The standard InChI is InChI=1S/C15H16F3N5O3S/c1-8(24)19-6-13(26)23(2)7-12(25)21-14-20-10-4-3-9(5-11(10)27-14)22-15(16,17)18/h3-5,22H,6-7H2,1-2H3,(H,19,24)(H,20,21,25). The van der Waals surface area contributed by atoms with Gasteiger partial charge in [0.2, 0.25) is 17.7 Å². The number of fused-ring (bicyclic) bond motifs is 1. The van der Waals surface area contributed by atoms with Gasteiger partial charge in [0.1, 0.15) is 0 Å². The first-order valence-corrected chi connectivity index (χ1v) is 8.39. The summed E-state index contributed by atoms with van der Waals surface area (Å²) in [5, 5.41) is 6.42. The molecule has 146 valence electrons. The van der Waals surface area contributed by atoms with E-state index in [1.807, 2.05) is 0 Å². The lowest BCUT2D eigenvalue weighted by molar-refractivity contribution is -0.133. The van der Waals surface area contributed by atoms with E-state index < -0.39 is 18.1 Å². The van der Waals surface area contributed by atoms with Gasteiger partial charge in [-0.2, -0.15) is 13.2 Å². The van der Waals surface area contributed by atoms with Gasteiger partial charge in [-0.25, -0.2) is 4.98 Å². The number of nitrogens with zero attached hydrogens (tertiary/aromatic N) is 2. The molecule has 3 amide bonds. The molecule has 3 N–H and O–H groups in total. The van der Waals surface area contributed by atoms with Crippen molar-refractivity contribution in [1.29, 1.82) is 0 Å². The zero-order chi connectivity index (χ0) is 20.2. The van der Waals surface area contributed by atoms with Gasteiger partial charge < -0.3 is 15.5 Å². The maximum Gasteiger partial charge on any atom is 0.482 e. The summed E-state index contributed by atoms with van der Waals surface area (Å²) in [6.07, 6.45) is -4.55. The number of hydrogen-bond donors (Lipinski definition) is 3. The van der Waals surface area contributed by atoms with Crippen LogP contribution >= 0.6 is 11.3 Å². The third-order valence-electron chi connectivity index (χ3n) is 3.22. The summed E-state index contributed by atoms with van der Waals surface area (Å²) in [5.41, 5.74) is 0.290. The average molecular weight is 403 g/mol. The molecule has 27 heavy (non-hydrogen) atoms. The Morgan fingerprint density at radius 1 is 1.26 bits per heavy atom. The van der Waals surface area contributed by atoms with E-state index >= 15 is 0 Å². The molecule has 0 bridgehead atoms. The lowest BCUT2D eigenvalue weighted by Crippen LogP contribution is -2.41.